The highest BCUT2D eigenvalue weighted by Gasteiger charge is 2.21. The summed E-state index contributed by atoms with van der Waals surface area (Å²) in [6.45, 7) is 2.79. The monoisotopic (exact) mass is 244 g/mol. The van der Waals surface area contributed by atoms with Gasteiger partial charge in [0.1, 0.15) is 0 Å². The Kier molecular flexibility index (Phi) is 3.37. The summed E-state index contributed by atoms with van der Waals surface area (Å²) in [6.07, 6.45) is -0.0684. The molecule has 0 radical (unpaired) electrons. The Morgan fingerprint density at radius 1 is 1.56 bits per heavy atom. The molecule has 0 amide bonds. The molecule has 88 valence electrons. The topological polar surface area (TPSA) is 82.9 Å². The van der Waals surface area contributed by atoms with Crippen molar-refractivity contribution in [2.45, 2.75) is 6.10 Å². The molecule has 2 N–H and O–H groups in total. The second-order valence-corrected chi connectivity index (χ2v) is 4.43. The van der Waals surface area contributed by atoms with Crippen LogP contribution in [0.4, 0.5) is 5.13 Å². The minimum atomic E-state index is -1.48. The van der Waals surface area contributed by atoms with Gasteiger partial charge in [0, 0.05) is 19.3 Å². The van der Waals surface area contributed by atoms with Gasteiger partial charge in [0.25, 0.3) is 0 Å². The SMILES string of the molecule is O=C(O)C(O)c1cnc(N2CCOCC2)s1. The number of morpholine rings is 1. The van der Waals surface area contributed by atoms with E-state index in [4.69, 9.17) is 9.84 Å². The summed E-state index contributed by atoms with van der Waals surface area (Å²) in [6, 6.07) is 0. The summed E-state index contributed by atoms with van der Waals surface area (Å²) in [5, 5.41) is 18.7. The van der Waals surface area contributed by atoms with E-state index in [1.165, 1.54) is 17.5 Å². The van der Waals surface area contributed by atoms with E-state index in [0.717, 1.165) is 18.2 Å². The number of carboxylic acids is 1. The van der Waals surface area contributed by atoms with Gasteiger partial charge in [-0.05, 0) is 0 Å². The number of carboxylic acid groups (broad SMARTS) is 1. The molecule has 0 spiro atoms. The highest BCUT2D eigenvalue weighted by Crippen LogP contribution is 2.27. The van der Waals surface area contributed by atoms with Crippen molar-refractivity contribution < 1.29 is 19.7 Å². The number of aliphatic carboxylic acids is 1. The molecule has 2 heterocycles. The predicted molar refractivity (Wildman–Crippen MR) is 57.7 cm³/mol. The number of anilines is 1. The normalized spacial score (nSPS) is 18.4. The lowest BCUT2D eigenvalue weighted by molar-refractivity contribution is -0.146. The predicted octanol–water partition coefficient (Wildman–Crippen LogP) is 0.0977. The highest BCUT2D eigenvalue weighted by atomic mass is 32.1. The number of thiazole rings is 1. The van der Waals surface area contributed by atoms with Gasteiger partial charge in [-0.2, -0.15) is 0 Å². The average molecular weight is 244 g/mol. The Balaban J connectivity index is 2.09. The Bertz CT molecular complexity index is 375. The van der Waals surface area contributed by atoms with E-state index >= 15 is 0 Å². The fraction of sp³-hybridized carbons (Fsp3) is 0.556. The summed E-state index contributed by atoms with van der Waals surface area (Å²) in [5.74, 6) is -1.25. The standard InChI is InChI=1S/C9H12N2O4S/c12-7(8(13)14)6-5-10-9(16-6)11-1-3-15-4-2-11/h5,7,12H,1-4H2,(H,13,14). The molecule has 1 unspecified atom stereocenters. The second-order valence-electron chi connectivity index (χ2n) is 3.39. The maximum absolute atomic E-state index is 10.6. The van der Waals surface area contributed by atoms with Crippen LogP contribution in [0.2, 0.25) is 0 Å². The van der Waals surface area contributed by atoms with Crippen LogP contribution in [0, 0.1) is 0 Å². The van der Waals surface area contributed by atoms with Gasteiger partial charge >= 0.3 is 5.97 Å². The lowest BCUT2D eigenvalue weighted by atomic mass is 10.3. The molecule has 2 rings (SSSR count). The number of nitrogens with zero attached hydrogens (tertiary/aromatic N) is 2. The zero-order valence-electron chi connectivity index (χ0n) is 8.50. The molecule has 1 aromatic rings. The maximum Gasteiger partial charge on any atom is 0.338 e. The van der Waals surface area contributed by atoms with Crippen molar-refractivity contribution in [3.05, 3.63) is 11.1 Å². The van der Waals surface area contributed by atoms with Crippen LogP contribution in [-0.4, -0.2) is 47.5 Å². The van der Waals surface area contributed by atoms with Crippen molar-refractivity contribution in [1.29, 1.82) is 0 Å². The summed E-state index contributed by atoms with van der Waals surface area (Å²) >= 11 is 1.20. The first-order valence-corrected chi connectivity index (χ1v) is 5.69. The summed E-state index contributed by atoms with van der Waals surface area (Å²) in [7, 11) is 0. The van der Waals surface area contributed by atoms with Crippen LogP contribution in [0.3, 0.4) is 0 Å². The minimum Gasteiger partial charge on any atom is -0.479 e. The quantitative estimate of drug-likeness (QED) is 0.784. The van der Waals surface area contributed by atoms with E-state index < -0.39 is 12.1 Å². The number of hydrogen-bond donors (Lipinski definition) is 2. The first-order valence-electron chi connectivity index (χ1n) is 4.88. The zero-order valence-corrected chi connectivity index (χ0v) is 9.31. The molecule has 0 saturated carbocycles. The van der Waals surface area contributed by atoms with Gasteiger partial charge in [-0.3, -0.25) is 0 Å². The van der Waals surface area contributed by atoms with E-state index in [-0.39, 0.29) is 0 Å². The van der Waals surface area contributed by atoms with Crippen molar-refractivity contribution in [3.8, 4) is 0 Å². The smallest absolute Gasteiger partial charge is 0.338 e. The van der Waals surface area contributed by atoms with Crippen LogP contribution in [0.15, 0.2) is 6.20 Å². The van der Waals surface area contributed by atoms with Crippen molar-refractivity contribution in [3.63, 3.8) is 0 Å². The third kappa shape index (κ3) is 2.31. The van der Waals surface area contributed by atoms with Crippen molar-refractivity contribution >= 4 is 22.4 Å². The molecular formula is C9H12N2O4S. The maximum atomic E-state index is 10.6. The molecule has 0 aliphatic carbocycles. The molecule has 1 atom stereocenters. The van der Waals surface area contributed by atoms with Crippen LogP contribution >= 0.6 is 11.3 Å². The minimum absolute atomic E-state index is 0.356. The van der Waals surface area contributed by atoms with Gasteiger partial charge < -0.3 is 19.8 Å². The van der Waals surface area contributed by atoms with E-state index in [1.54, 1.807) is 0 Å². The average Bonchev–Trinajstić information content (AvgIpc) is 2.78. The molecule has 0 bridgehead atoms. The van der Waals surface area contributed by atoms with Gasteiger partial charge in [-0.15, -0.1) is 0 Å². The van der Waals surface area contributed by atoms with Gasteiger partial charge in [-0.1, -0.05) is 11.3 Å². The van der Waals surface area contributed by atoms with Gasteiger partial charge in [0.05, 0.1) is 18.1 Å². The fourth-order valence-electron chi connectivity index (χ4n) is 1.43. The third-order valence-corrected chi connectivity index (χ3v) is 3.41. The molecule has 1 aromatic heterocycles. The summed E-state index contributed by atoms with van der Waals surface area (Å²) in [5.41, 5.74) is 0. The number of aromatic nitrogens is 1. The fourth-order valence-corrected chi connectivity index (χ4v) is 2.37. The number of aliphatic hydroxyl groups is 1. The molecule has 7 heteroatoms. The van der Waals surface area contributed by atoms with Crippen molar-refractivity contribution in [2.24, 2.45) is 0 Å². The second kappa shape index (κ2) is 4.77. The zero-order chi connectivity index (χ0) is 11.5. The Labute approximate surface area is 96.1 Å². The largest absolute Gasteiger partial charge is 0.479 e. The highest BCUT2D eigenvalue weighted by molar-refractivity contribution is 7.15. The first-order chi connectivity index (χ1) is 7.68. The van der Waals surface area contributed by atoms with Gasteiger partial charge in [-0.25, -0.2) is 9.78 Å². The molecule has 1 fully saturated rings. The van der Waals surface area contributed by atoms with Crippen LogP contribution in [-0.2, 0) is 9.53 Å². The Morgan fingerprint density at radius 3 is 2.88 bits per heavy atom. The first kappa shape index (κ1) is 11.3. The van der Waals surface area contributed by atoms with E-state index in [1.807, 2.05) is 4.90 Å². The number of ether oxygens (including phenoxy) is 1. The number of aliphatic hydroxyl groups excluding tert-OH is 1. The molecule has 1 saturated heterocycles. The van der Waals surface area contributed by atoms with Gasteiger partial charge in [0.15, 0.2) is 11.2 Å². The molecule has 16 heavy (non-hydrogen) atoms. The Morgan fingerprint density at radius 2 is 2.25 bits per heavy atom. The Hall–Kier alpha value is -1.18. The molecule has 6 nitrogen and oxygen atoms in total. The summed E-state index contributed by atoms with van der Waals surface area (Å²) < 4.78 is 5.21. The van der Waals surface area contributed by atoms with Crippen LogP contribution in [0.1, 0.15) is 11.0 Å². The van der Waals surface area contributed by atoms with Crippen LogP contribution in [0.25, 0.3) is 0 Å². The van der Waals surface area contributed by atoms with Crippen molar-refractivity contribution in [1.82, 2.24) is 4.98 Å². The van der Waals surface area contributed by atoms with E-state index in [9.17, 15) is 9.90 Å². The van der Waals surface area contributed by atoms with Crippen molar-refractivity contribution in [2.75, 3.05) is 31.2 Å². The van der Waals surface area contributed by atoms with Gasteiger partial charge in [0.2, 0.25) is 0 Å². The van der Waals surface area contributed by atoms with E-state index in [0.29, 0.717) is 18.1 Å². The summed E-state index contributed by atoms with van der Waals surface area (Å²) in [4.78, 5) is 17.1. The number of carbonyl (C=O) groups is 1. The van der Waals surface area contributed by atoms with Crippen LogP contribution in [0.5, 0.6) is 0 Å². The third-order valence-electron chi connectivity index (χ3n) is 2.30. The molecular weight excluding hydrogens is 232 g/mol. The number of rotatable bonds is 3. The molecule has 1 aliphatic rings. The molecule has 0 aromatic carbocycles. The lowest BCUT2D eigenvalue weighted by Crippen LogP contribution is -2.36. The molecule has 1 aliphatic heterocycles. The van der Waals surface area contributed by atoms with Crippen LogP contribution < -0.4 is 4.90 Å². The lowest BCUT2D eigenvalue weighted by Gasteiger charge is -2.25. The van der Waals surface area contributed by atoms with E-state index in [2.05, 4.69) is 4.98 Å². The number of hydrogen-bond acceptors (Lipinski definition) is 6.